The van der Waals surface area contributed by atoms with Gasteiger partial charge in [0, 0.05) is 24.2 Å². The lowest BCUT2D eigenvalue weighted by Gasteiger charge is -2.30. The Morgan fingerprint density at radius 3 is 2.50 bits per heavy atom. The molecule has 32 heavy (non-hydrogen) atoms. The molecule has 1 saturated heterocycles. The quantitative estimate of drug-likeness (QED) is 0.639. The maximum atomic E-state index is 12.9. The number of sulfonamides is 1. The summed E-state index contributed by atoms with van der Waals surface area (Å²) in [5.74, 6) is -0.0809. The first-order valence-electron chi connectivity index (χ1n) is 10.6. The summed E-state index contributed by atoms with van der Waals surface area (Å²) in [4.78, 5) is 25.4. The maximum Gasteiger partial charge on any atom is 0.275 e. The van der Waals surface area contributed by atoms with Gasteiger partial charge in [0.2, 0.25) is 15.9 Å². The van der Waals surface area contributed by atoms with Crippen LogP contribution in [-0.2, 0) is 21.4 Å². The Labute approximate surface area is 186 Å². The zero-order valence-electron chi connectivity index (χ0n) is 18.1. The number of benzene rings is 2. The van der Waals surface area contributed by atoms with Gasteiger partial charge in [0.25, 0.3) is 5.56 Å². The molecule has 0 saturated carbocycles. The fourth-order valence-electron chi connectivity index (χ4n) is 4.07. The minimum Gasteiger partial charge on any atom is -0.324 e. The first-order chi connectivity index (χ1) is 15.3. The molecular formula is C23H26N4O4S. The van der Waals surface area contributed by atoms with E-state index in [1.807, 2.05) is 12.1 Å². The van der Waals surface area contributed by atoms with E-state index in [0.29, 0.717) is 35.8 Å². The van der Waals surface area contributed by atoms with Gasteiger partial charge >= 0.3 is 0 Å². The summed E-state index contributed by atoms with van der Waals surface area (Å²) in [5, 5.41) is 8.22. The lowest BCUT2D eigenvalue weighted by molar-refractivity contribution is -0.117. The molecule has 168 valence electrons. The molecule has 1 aliphatic rings. The highest BCUT2D eigenvalue weighted by Crippen LogP contribution is 2.24. The second-order valence-electron chi connectivity index (χ2n) is 8.28. The molecule has 1 aromatic heterocycles. The number of anilines is 1. The fraction of sp³-hybridized carbons (Fsp3) is 0.348. The first kappa shape index (κ1) is 22.2. The number of hydrogen-bond donors (Lipinski definition) is 1. The minimum atomic E-state index is -3.55. The van der Waals surface area contributed by atoms with Gasteiger partial charge < -0.3 is 5.32 Å². The third-order valence-electron chi connectivity index (χ3n) is 5.74. The highest BCUT2D eigenvalue weighted by atomic mass is 32.2. The molecule has 2 aromatic carbocycles. The van der Waals surface area contributed by atoms with Gasteiger partial charge in [-0.3, -0.25) is 9.59 Å². The zero-order valence-corrected chi connectivity index (χ0v) is 18.9. The van der Waals surface area contributed by atoms with Crippen molar-refractivity contribution in [3.63, 3.8) is 0 Å². The van der Waals surface area contributed by atoms with Crippen molar-refractivity contribution >= 4 is 32.4 Å². The van der Waals surface area contributed by atoms with Crippen molar-refractivity contribution < 1.29 is 13.2 Å². The van der Waals surface area contributed by atoms with E-state index >= 15 is 0 Å². The highest BCUT2D eigenvalue weighted by Gasteiger charge is 2.28. The number of carbonyl (C=O) groups excluding carboxylic acids is 1. The van der Waals surface area contributed by atoms with E-state index < -0.39 is 15.9 Å². The number of hydrogen-bond acceptors (Lipinski definition) is 5. The Morgan fingerprint density at radius 2 is 1.81 bits per heavy atom. The van der Waals surface area contributed by atoms with Gasteiger partial charge in [0.1, 0.15) is 6.54 Å². The van der Waals surface area contributed by atoms with Crippen molar-refractivity contribution in [2.45, 2.75) is 38.1 Å². The molecule has 2 heterocycles. The first-order valence-corrected chi connectivity index (χ1v) is 12.1. The standard InChI is InChI=1S/C23H26N4O4S/c1-16-6-5-13-26(14-16)32(30,31)19-11-9-18(10-12-19)24-22(28)15-27-23(29)21-8-4-3-7-20(21)17(2)25-27/h3-4,7-12,16H,5-6,13-15H2,1-2H3,(H,24,28). The average Bonchev–Trinajstić information content (AvgIpc) is 2.77. The molecule has 1 unspecified atom stereocenters. The van der Waals surface area contributed by atoms with Gasteiger partial charge in [0.15, 0.2) is 0 Å². The number of rotatable bonds is 5. The van der Waals surface area contributed by atoms with Crippen molar-refractivity contribution in [2.75, 3.05) is 18.4 Å². The molecule has 3 aromatic rings. The van der Waals surface area contributed by atoms with Crippen molar-refractivity contribution in [1.29, 1.82) is 0 Å². The van der Waals surface area contributed by atoms with Gasteiger partial charge in [-0.15, -0.1) is 0 Å². The molecule has 1 aliphatic heterocycles. The number of aryl methyl sites for hydroxylation is 1. The summed E-state index contributed by atoms with van der Waals surface area (Å²) in [6.45, 7) is 4.65. The van der Waals surface area contributed by atoms with Crippen LogP contribution in [0.15, 0.2) is 58.2 Å². The van der Waals surface area contributed by atoms with Gasteiger partial charge in [-0.05, 0) is 56.0 Å². The molecule has 8 nitrogen and oxygen atoms in total. The molecule has 9 heteroatoms. The van der Waals surface area contributed by atoms with Gasteiger partial charge in [-0.25, -0.2) is 13.1 Å². The zero-order chi connectivity index (χ0) is 22.9. The van der Waals surface area contributed by atoms with Crippen LogP contribution in [0, 0.1) is 12.8 Å². The van der Waals surface area contributed by atoms with Crippen molar-refractivity contribution in [3.05, 3.63) is 64.6 Å². The smallest absolute Gasteiger partial charge is 0.275 e. The van der Waals surface area contributed by atoms with Crippen LogP contribution in [0.3, 0.4) is 0 Å². The van der Waals surface area contributed by atoms with Crippen LogP contribution in [0.2, 0.25) is 0 Å². The summed E-state index contributed by atoms with van der Waals surface area (Å²) in [7, 11) is -3.55. The third-order valence-corrected chi connectivity index (χ3v) is 7.62. The van der Waals surface area contributed by atoms with E-state index in [2.05, 4.69) is 17.3 Å². The topological polar surface area (TPSA) is 101 Å². The number of aromatic nitrogens is 2. The predicted molar refractivity (Wildman–Crippen MR) is 123 cm³/mol. The second kappa shape index (κ2) is 8.84. The average molecular weight is 455 g/mol. The number of carbonyl (C=O) groups is 1. The van der Waals surface area contributed by atoms with E-state index in [4.69, 9.17) is 0 Å². The number of amides is 1. The second-order valence-corrected chi connectivity index (χ2v) is 10.2. The van der Waals surface area contributed by atoms with Crippen LogP contribution in [0.25, 0.3) is 10.8 Å². The van der Waals surface area contributed by atoms with E-state index in [9.17, 15) is 18.0 Å². The Balaban J connectivity index is 1.47. The van der Waals surface area contributed by atoms with Crippen LogP contribution in [0.5, 0.6) is 0 Å². The third kappa shape index (κ3) is 4.44. The Hall–Kier alpha value is -3.04. The summed E-state index contributed by atoms with van der Waals surface area (Å²) in [5.41, 5.74) is 0.777. The van der Waals surface area contributed by atoms with Gasteiger partial charge in [-0.2, -0.15) is 9.40 Å². The summed E-state index contributed by atoms with van der Waals surface area (Å²) in [6, 6.07) is 13.2. The molecule has 0 bridgehead atoms. The number of nitrogens with zero attached hydrogens (tertiary/aromatic N) is 3. The molecule has 0 radical (unpaired) electrons. The normalized spacial score (nSPS) is 17.4. The lowest BCUT2D eigenvalue weighted by atomic mass is 10.0. The van der Waals surface area contributed by atoms with E-state index in [1.165, 1.54) is 16.4 Å². The summed E-state index contributed by atoms with van der Waals surface area (Å²) in [6.07, 6.45) is 1.89. The van der Waals surface area contributed by atoms with Crippen molar-refractivity contribution in [1.82, 2.24) is 14.1 Å². The van der Waals surface area contributed by atoms with Crippen LogP contribution < -0.4 is 10.9 Å². The fourth-order valence-corrected chi connectivity index (χ4v) is 5.67. The Bertz CT molecular complexity index is 1320. The molecule has 1 N–H and O–H groups in total. The van der Waals surface area contributed by atoms with Crippen LogP contribution in [0.1, 0.15) is 25.5 Å². The number of nitrogens with one attached hydrogen (secondary N) is 1. The van der Waals surface area contributed by atoms with E-state index in [1.54, 1.807) is 31.2 Å². The molecule has 0 spiro atoms. The monoisotopic (exact) mass is 454 g/mol. The SMILES string of the molecule is Cc1nn(CC(=O)Nc2ccc(S(=O)(=O)N3CCCC(C)C3)cc2)c(=O)c2ccccc12. The van der Waals surface area contributed by atoms with E-state index in [-0.39, 0.29) is 17.0 Å². The number of piperidine rings is 1. The number of fused-ring (bicyclic) bond motifs is 1. The largest absolute Gasteiger partial charge is 0.324 e. The van der Waals surface area contributed by atoms with Crippen LogP contribution >= 0.6 is 0 Å². The Kier molecular flexibility index (Phi) is 6.12. The predicted octanol–water partition coefficient (Wildman–Crippen LogP) is 2.76. The van der Waals surface area contributed by atoms with Crippen molar-refractivity contribution in [2.24, 2.45) is 5.92 Å². The Morgan fingerprint density at radius 1 is 1.12 bits per heavy atom. The molecule has 1 fully saturated rings. The highest BCUT2D eigenvalue weighted by molar-refractivity contribution is 7.89. The summed E-state index contributed by atoms with van der Waals surface area (Å²) >= 11 is 0. The van der Waals surface area contributed by atoms with Crippen LogP contribution in [-0.4, -0.2) is 41.5 Å². The molecule has 0 aliphatic carbocycles. The molecule has 1 amide bonds. The van der Waals surface area contributed by atoms with Gasteiger partial charge in [-0.1, -0.05) is 25.1 Å². The van der Waals surface area contributed by atoms with E-state index in [0.717, 1.165) is 22.9 Å². The lowest BCUT2D eigenvalue weighted by Crippen LogP contribution is -2.39. The molecule has 4 rings (SSSR count). The van der Waals surface area contributed by atoms with Crippen LogP contribution in [0.4, 0.5) is 5.69 Å². The summed E-state index contributed by atoms with van der Waals surface area (Å²) < 4.78 is 28.4. The molecule has 1 atom stereocenters. The van der Waals surface area contributed by atoms with Gasteiger partial charge in [0.05, 0.1) is 16.0 Å². The maximum absolute atomic E-state index is 12.9. The minimum absolute atomic E-state index is 0.202. The molecular weight excluding hydrogens is 428 g/mol. The van der Waals surface area contributed by atoms with Crippen molar-refractivity contribution in [3.8, 4) is 0 Å².